The van der Waals surface area contributed by atoms with Crippen molar-refractivity contribution in [2.24, 2.45) is 0 Å². The predicted molar refractivity (Wildman–Crippen MR) is 159 cm³/mol. The third kappa shape index (κ3) is 4.75. The average molecular weight is 614 g/mol. The molecule has 5 aromatic rings. The van der Waals surface area contributed by atoms with Crippen molar-refractivity contribution < 1.29 is 32.9 Å². The van der Waals surface area contributed by atoms with Gasteiger partial charge in [-0.15, -0.1) is 6.42 Å². The molecule has 0 radical (unpaired) electrons. The monoisotopic (exact) mass is 613 g/mol. The second-order valence-electron chi connectivity index (χ2n) is 11.4. The first-order chi connectivity index (χ1) is 21.7. The van der Waals surface area contributed by atoms with E-state index in [9.17, 15) is 23.8 Å². The highest BCUT2D eigenvalue weighted by Gasteiger charge is 2.49. The first-order valence-corrected chi connectivity index (χ1v) is 14.3. The Morgan fingerprint density at radius 1 is 1.18 bits per heavy atom. The van der Waals surface area contributed by atoms with Crippen LogP contribution < -0.4 is 4.74 Å². The number of nitrogens with zero attached hydrogens (tertiary/aromatic N) is 5. The van der Waals surface area contributed by atoms with Gasteiger partial charge in [0.15, 0.2) is 5.82 Å². The van der Waals surface area contributed by atoms with Crippen LogP contribution in [0.15, 0.2) is 48.8 Å². The Morgan fingerprint density at radius 3 is 2.82 bits per heavy atom. The molecule has 0 aliphatic carbocycles. The third-order valence-corrected chi connectivity index (χ3v) is 8.75. The van der Waals surface area contributed by atoms with E-state index < -0.39 is 35.9 Å². The van der Waals surface area contributed by atoms with Gasteiger partial charge in [-0.3, -0.25) is 9.69 Å². The molecule has 9 nitrogen and oxygen atoms in total. The number of benzene rings is 3. The number of rotatable bonds is 6. The van der Waals surface area contributed by atoms with E-state index in [2.05, 4.69) is 25.9 Å². The summed E-state index contributed by atoms with van der Waals surface area (Å²) in [6.45, 7) is 0.386. The van der Waals surface area contributed by atoms with Crippen molar-refractivity contribution >= 4 is 27.6 Å². The molecule has 2 atom stereocenters. The SMILES string of the molecule is C#Cc1c(F)ccc2cc(O)cc(-c3ccc4c(-c5cnn(C(=O)CO)c5)nc(OC[C@@]56CCCN5C[C@H](F)C6)nc4c3F)c12. The van der Waals surface area contributed by atoms with Gasteiger partial charge in [0.2, 0.25) is 0 Å². The third-order valence-electron chi connectivity index (χ3n) is 8.75. The highest BCUT2D eigenvalue weighted by molar-refractivity contribution is 6.04. The van der Waals surface area contributed by atoms with Crippen LogP contribution in [0.2, 0.25) is 0 Å². The molecule has 2 fully saturated rings. The largest absolute Gasteiger partial charge is 0.508 e. The first kappa shape index (κ1) is 28.8. The normalized spacial score (nSPS) is 19.7. The summed E-state index contributed by atoms with van der Waals surface area (Å²) in [5.74, 6) is -0.0104. The molecule has 0 spiro atoms. The fourth-order valence-electron chi connectivity index (χ4n) is 6.71. The molecule has 0 bridgehead atoms. The van der Waals surface area contributed by atoms with E-state index >= 15 is 4.39 Å². The summed E-state index contributed by atoms with van der Waals surface area (Å²) < 4.78 is 52.9. The Kier molecular flexibility index (Phi) is 6.95. The number of carbonyl (C=O) groups excluding carboxylic acids is 1. The Hall–Kier alpha value is -4.99. The number of hydrogen-bond donors (Lipinski definition) is 2. The maximum atomic E-state index is 16.7. The molecule has 0 unspecified atom stereocenters. The summed E-state index contributed by atoms with van der Waals surface area (Å²) in [6, 6.07) is 8.18. The first-order valence-electron chi connectivity index (χ1n) is 14.3. The number of aliphatic hydroxyl groups excluding tert-OH is 1. The maximum absolute atomic E-state index is 16.7. The number of aromatic hydroxyl groups is 1. The van der Waals surface area contributed by atoms with Crippen molar-refractivity contribution in [2.45, 2.75) is 31.0 Å². The van der Waals surface area contributed by atoms with Crippen LogP contribution in [0.25, 0.3) is 44.1 Å². The van der Waals surface area contributed by atoms with Gasteiger partial charge in [0.25, 0.3) is 5.91 Å². The van der Waals surface area contributed by atoms with Crippen molar-refractivity contribution in [3.63, 3.8) is 0 Å². The number of aromatic nitrogens is 4. The summed E-state index contributed by atoms with van der Waals surface area (Å²) in [6.07, 6.45) is 9.30. The summed E-state index contributed by atoms with van der Waals surface area (Å²) in [7, 11) is 0. The zero-order valence-corrected chi connectivity index (χ0v) is 23.8. The second-order valence-corrected chi connectivity index (χ2v) is 11.4. The summed E-state index contributed by atoms with van der Waals surface area (Å²) in [5, 5.41) is 24.7. The van der Waals surface area contributed by atoms with E-state index in [1.54, 1.807) is 6.07 Å². The fraction of sp³-hybridized carbons (Fsp3) is 0.273. The molecule has 12 heteroatoms. The van der Waals surface area contributed by atoms with Crippen LogP contribution in [-0.2, 0) is 0 Å². The highest BCUT2D eigenvalue weighted by atomic mass is 19.1. The van der Waals surface area contributed by atoms with Crippen LogP contribution >= 0.6 is 0 Å². The van der Waals surface area contributed by atoms with Crippen LogP contribution in [0.1, 0.15) is 29.6 Å². The number of phenolic OH excluding ortho intramolecular Hbond substituents is 1. The topological polar surface area (TPSA) is 114 Å². The van der Waals surface area contributed by atoms with Crippen LogP contribution in [0.3, 0.4) is 0 Å². The minimum atomic E-state index is -0.980. The minimum absolute atomic E-state index is 0.0103. The van der Waals surface area contributed by atoms with Crippen molar-refractivity contribution in [3.8, 4) is 46.5 Å². The molecule has 2 aliphatic rings. The number of hydrogen-bond acceptors (Lipinski definition) is 8. The highest BCUT2D eigenvalue weighted by Crippen LogP contribution is 2.42. The molecule has 0 amide bonds. The molecule has 0 saturated carbocycles. The van der Waals surface area contributed by atoms with Crippen molar-refractivity contribution in [2.75, 3.05) is 26.3 Å². The van der Waals surface area contributed by atoms with E-state index in [1.165, 1.54) is 42.7 Å². The molecule has 7 rings (SSSR count). The van der Waals surface area contributed by atoms with Crippen LogP contribution in [0, 0.1) is 24.0 Å². The number of phenols is 1. The van der Waals surface area contributed by atoms with Gasteiger partial charge < -0.3 is 14.9 Å². The predicted octanol–water partition coefficient (Wildman–Crippen LogP) is 4.87. The summed E-state index contributed by atoms with van der Waals surface area (Å²) >= 11 is 0. The molecular weight excluding hydrogens is 587 g/mol. The number of terminal acetylenes is 1. The number of carbonyl (C=O) groups is 1. The second kappa shape index (κ2) is 10.9. The maximum Gasteiger partial charge on any atom is 0.317 e. The van der Waals surface area contributed by atoms with E-state index in [1.807, 2.05) is 0 Å². The van der Waals surface area contributed by atoms with E-state index in [4.69, 9.17) is 11.2 Å². The zero-order chi connectivity index (χ0) is 31.5. The molecule has 2 saturated heterocycles. The van der Waals surface area contributed by atoms with Crippen molar-refractivity contribution in [1.29, 1.82) is 0 Å². The zero-order valence-electron chi connectivity index (χ0n) is 23.8. The minimum Gasteiger partial charge on any atom is -0.508 e. The molecule has 2 N–H and O–H groups in total. The van der Waals surface area contributed by atoms with Crippen molar-refractivity contribution in [1.82, 2.24) is 24.6 Å². The molecule has 45 heavy (non-hydrogen) atoms. The Labute approximate surface area is 254 Å². The lowest BCUT2D eigenvalue weighted by Gasteiger charge is -2.30. The van der Waals surface area contributed by atoms with Crippen molar-refractivity contribution in [3.05, 3.63) is 66.0 Å². The lowest BCUT2D eigenvalue weighted by Crippen LogP contribution is -2.43. The Bertz CT molecular complexity index is 2060. The average Bonchev–Trinajstić information content (AvgIpc) is 3.74. The molecule has 2 aromatic heterocycles. The number of alkyl halides is 1. The molecular formula is C33H26F3N5O4. The molecule has 228 valence electrons. The molecule has 3 aromatic carbocycles. The fourth-order valence-corrected chi connectivity index (χ4v) is 6.71. The van der Waals surface area contributed by atoms with Gasteiger partial charge in [0.1, 0.15) is 36.5 Å². The molecule has 2 aliphatic heterocycles. The van der Waals surface area contributed by atoms with Gasteiger partial charge in [0.05, 0.1) is 23.0 Å². The van der Waals surface area contributed by atoms with Gasteiger partial charge in [-0.2, -0.15) is 15.1 Å². The van der Waals surface area contributed by atoms with Gasteiger partial charge in [0, 0.05) is 41.1 Å². The Morgan fingerprint density at radius 2 is 2.02 bits per heavy atom. The van der Waals surface area contributed by atoms with Gasteiger partial charge >= 0.3 is 6.01 Å². The lowest BCUT2D eigenvalue weighted by atomic mass is 9.92. The van der Waals surface area contributed by atoms with Gasteiger partial charge in [-0.1, -0.05) is 18.1 Å². The van der Waals surface area contributed by atoms with E-state index in [-0.39, 0.29) is 57.0 Å². The smallest absolute Gasteiger partial charge is 0.317 e. The quantitative estimate of drug-likeness (QED) is 0.261. The molecule has 4 heterocycles. The number of ether oxygens (including phenoxy) is 1. The van der Waals surface area contributed by atoms with E-state index in [0.29, 0.717) is 23.9 Å². The Balaban J connectivity index is 1.41. The number of aliphatic hydroxyl groups is 1. The van der Waals surface area contributed by atoms with Gasteiger partial charge in [-0.05, 0) is 54.6 Å². The summed E-state index contributed by atoms with van der Waals surface area (Å²) in [4.78, 5) is 23.1. The van der Waals surface area contributed by atoms with E-state index in [0.717, 1.165) is 24.1 Å². The van der Waals surface area contributed by atoms with Crippen LogP contribution in [0.4, 0.5) is 13.2 Å². The summed E-state index contributed by atoms with van der Waals surface area (Å²) in [5.41, 5.74) is -0.0920. The number of halogens is 3. The standard InChI is InChI=1S/C33H26F3N5O4/c1-2-22-26(35)7-4-18-10-21(43)11-25(28(18)22)23-5-6-24-30(19-13-37-41(14-19)27(44)16-42)38-32(39-31(24)29(23)36)45-17-33-8-3-9-40(33)15-20(34)12-33/h1,4-7,10-11,13-14,20,42-43H,3,8-9,12,15-17H2/t20-,33+/m1/s1. The van der Waals surface area contributed by atoms with Gasteiger partial charge in [-0.25, -0.2) is 17.9 Å². The van der Waals surface area contributed by atoms with Crippen LogP contribution in [0.5, 0.6) is 11.8 Å². The van der Waals surface area contributed by atoms with Crippen LogP contribution in [-0.4, -0.2) is 78.8 Å². The number of fused-ring (bicyclic) bond motifs is 3. The lowest BCUT2D eigenvalue weighted by molar-refractivity contribution is 0.0802.